The molecule has 5 heteroatoms. The molecule has 4 bridgehead atoms. The summed E-state index contributed by atoms with van der Waals surface area (Å²) >= 11 is 5.50. The molecule has 0 aromatic carbocycles. The fraction of sp³-hybridized carbons (Fsp3) is 0.882. The summed E-state index contributed by atoms with van der Waals surface area (Å²) in [6.07, 6.45) is 9.04. The smallest absolute Gasteiger partial charge is 0.221 e. The zero-order valence-electron chi connectivity index (χ0n) is 13.2. The van der Waals surface area contributed by atoms with Gasteiger partial charge in [0.25, 0.3) is 0 Å². The van der Waals surface area contributed by atoms with Gasteiger partial charge in [0.05, 0.1) is 0 Å². The van der Waals surface area contributed by atoms with Crippen LogP contribution in [0.3, 0.4) is 0 Å². The molecule has 4 aliphatic carbocycles. The van der Waals surface area contributed by atoms with E-state index in [0.717, 1.165) is 17.8 Å². The first kappa shape index (κ1) is 16.1. The van der Waals surface area contributed by atoms with Crippen LogP contribution in [-0.2, 0) is 9.59 Å². The van der Waals surface area contributed by atoms with Crippen LogP contribution in [0.25, 0.3) is 0 Å². The lowest BCUT2D eigenvalue weighted by molar-refractivity contribution is -0.129. The average Bonchev–Trinajstić information content (AvgIpc) is 2.42. The van der Waals surface area contributed by atoms with Crippen LogP contribution in [0.15, 0.2) is 0 Å². The van der Waals surface area contributed by atoms with Crippen molar-refractivity contribution in [3.05, 3.63) is 0 Å². The van der Waals surface area contributed by atoms with Gasteiger partial charge in [0, 0.05) is 31.8 Å². The average molecular weight is 327 g/mol. The highest BCUT2D eigenvalue weighted by atomic mass is 35.5. The molecular formula is C17H27ClN2O2. The standard InChI is InChI=1S/C17H27ClN2O2/c18-2-1-15(21)19-3-4-20-16(22)11-17-8-12-5-13(9-17)7-14(6-12)10-17/h12-14H,1-11H2,(H,19,21)(H,20,22). The van der Waals surface area contributed by atoms with E-state index in [0.29, 0.717) is 37.2 Å². The van der Waals surface area contributed by atoms with Crippen molar-refractivity contribution in [1.29, 1.82) is 0 Å². The molecule has 0 spiro atoms. The minimum atomic E-state index is -0.0506. The SMILES string of the molecule is O=C(CCCl)NCCNC(=O)CC12CC3CC(CC(C3)C1)C2. The van der Waals surface area contributed by atoms with Crippen LogP contribution in [0.1, 0.15) is 51.4 Å². The Morgan fingerprint density at radius 3 is 1.91 bits per heavy atom. The molecule has 0 radical (unpaired) electrons. The Morgan fingerprint density at radius 2 is 1.41 bits per heavy atom. The maximum absolute atomic E-state index is 12.3. The van der Waals surface area contributed by atoms with Crippen LogP contribution in [0.5, 0.6) is 0 Å². The highest BCUT2D eigenvalue weighted by Crippen LogP contribution is 2.61. The summed E-state index contributed by atoms with van der Waals surface area (Å²) in [5, 5.41) is 5.73. The van der Waals surface area contributed by atoms with Crippen molar-refractivity contribution in [2.75, 3.05) is 19.0 Å². The molecule has 4 aliphatic rings. The third-order valence-electron chi connectivity index (χ3n) is 5.79. The van der Waals surface area contributed by atoms with Gasteiger partial charge < -0.3 is 10.6 Å². The lowest BCUT2D eigenvalue weighted by Crippen LogP contribution is -2.48. The maximum atomic E-state index is 12.3. The fourth-order valence-electron chi connectivity index (χ4n) is 5.49. The van der Waals surface area contributed by atoms with E-state index in [1.807, 2.05) is 0 Å². The first-order valence-electron chi connectivity index (χ1n) is 8.68. The number of rotatable bonds is 7. The number of alkyl halides is 1. The normalized spacial score (nSPS) is 35.4. The predicted molar refractivity (Wildman–Crippen MR) is 86.6 cm³/mol. The minimum Gasteiger partial charge on any atom is -0.354 e. The second-order valence-corrected chi connectivity index (χ2v) is 8.11. The van der Waals surface area contributed by atoms with Crippen molar-refractivity contribution in [3.8, 4) is 0 Å². The summed E-state index contributed by atoms with van der Waals surface area (Å²) in [6.45, 7) is 1.00. The van der Waals surface area contributed by atoms with Crippen LogP contribution in [0, 0.1) is 23.2 Å². The Bertz CT molecular complexity index is 403. The Labute approximate surface area is 137 Å². The monoisotopic (exact) mass is 326 g/mol. The van der Waals surface area contributed by atoms with Crippen molar-refractivity contribution in [3.63, 3.8) is 0 Å². The number of hydrogen-bond donors (Lipinski definition) is 2. The fourth-order valence-corrected chi connectivity index (χ4v) is 5.66. The van der Waals surface area contributed by atoms with Gasteiger partial charge in [-0.15, -0.1) is 11.6 Å². The molecule has 2 amide bonds. The molecule has 4 saturated carbocycles. The van der Waals surface area contributed by atoms with E-state index in [-0.39, 0.29) is 11.8 Å². The molecule has 0 aromatic heterocycles. The van der Waals surface area contributed by atoms with Gasteiger partial charge in [-0.3, -0.25) is 9.59 Å². The zero-order chi connectivity index (χ0) is 15.6. The lowest BCUT2D eigenvalue weighted by atomic mass is 9.49. The largest absolute Gasteiger partial charge is 0.354 e. The van der Waals surface area contributed by atoms with Gasteiger partial charge in [0.15, 0.2) is 0 Å². The van der Waals surface area contributed by atoms with Crippen molar-refractivity contribution < 1.29 is 9.59 Å². The van der Waals surface area contributed by atoms with Gasteiger partial charge >= 0.3 is 0 Å². The van der Waals surface area contributed by atoms with E-state index in [2.05, 4.69) is 10.6 Å². The Morgan fingerprint density at radius 1 is 0.909 bits per heavy atom. The second-order valence-electron chi connectivity index (χ2n) is 7.73. The van der Waals surface area contributed by atoms with Crippen molar-refractivity contribution >= 4 is 23.4 Å². The third kappa shape index (κ3) is 3.76. The van der Waals surface area contributed by atoms with E-state index in [1.54, 1.807) is 0 Å². The number of hydrogen-bond acceptors (Lipinski definition) is 2. The zero-order valence-corrected chi connectivity index (χ0v) is 14.0. The Kier molecular flexibility index (Phi) is 4.96. The summed E-state index contributed by atoms with van der Waals surface area (Å²) in [6, 6.07) is 0. The summed E-state index contributed by atoms with van der Waals surface area (Å²) in [7, 11) is 0. The van der Waals surface area contributed by atoms with Crippen molar-refractivity contribution in [2.45, 2.75) is 51.4 Å². The molecule has 4 nitrogen and oxygen atoms in total. The summed E-state index contributed by atoms with van der Waals surface area (Å²) in [4.78, 5) is 23.5. The molecule has 4 fully saturated rings. The molecule has 0 saturated heterocycles. The quantitative estimate of drug-likeness (QED) is 0.557. The number of carbonyl (C=O) groups is 2. The van der Waals surface area contributed by atoms with E-state index in [4.69, 9.17) is 11.6 Å². The van der Waals surface area contributed by atoms with Crippen LogP contribution in [0.4, 0.5) is 0 Å². The molecule has 0 atom stereocenters. The molecule has 0 aromatic rings. The molecule has 2 N–H and O–H groups in total. The number of nitrogens with one attached hydrogen (secondary N) is 2. The molecule has 0 aliphatic heterocycles. The van der Waals surface area contributed by atoms with Crippen molar-refractivity contribution in [2.24, 2.45) is 23.2 Å². The van der Waals surface area contributed by atoms with Gasteiger partial charge in [0.1, 0.15) is 0 Å². The second kappa shape index (κ2) is 6.77. The van der Waals surface area contributed by atoms with Gasteiger partial charge in [-0.2, -0.15) is 0 Å². The molecule has 4 rings (SSSR count). The van der Waals surface area contributed by atoms with E-state index >= 15 is 0 Å². The molecular weight excluding hydrogens is 300 g/mol. The summed E-state index contributed by atoms with van der Waals surface area (Å²) in [5.41, 5.74) is 0.292. The summed E-state index contributed by atoms with van der Waals surface area (Å²) < 4.78 is 0. The predicted octanol–water partition coefficient (Wildman–Crippen LogP) is 2.45. The molecule has 124 valence electrons. The molecule has 0 heterocycles. The van der Waals surface area contributed by atoms with E-state index < -0.39 is 0 Å². The molecule has 0 unspecified atom stereocenters. The van der Waals surface area contributed by atoms with Gasteiger partial charge in [0.2, 0.25) is 11.8 Å². The number of amides is 2. The number of halogens is 1. The minimum absolute atomic E-state index is 0.0506. The first-order chi connectivity index (χ1) is 10.6. The Hall–Kier alpha value is -0.770. The lowest BCUT2D eigenvalue weighted by Gasteiger charge is -2.56. The van der Waals surface area contributed by atoms with Crippen LogP contribution >= 0.6 is 11.6 Å². The highest BCUT2D eigenvalue weighted by Gasteiger charge is 2.51. The topological polar surface area (TPSA) is 58.2 Å². The molecule has 22 heavy (non-hydrogen) atoms. The van der Waals surface area contributed by atoms with Gasteiger partial charge in [-0.25, -0.2) is 0 Å². The van der Waals surface area contributed by atoms with Crippen LogP contribution in [-0.4, -0.2) is 30.8 Å². The summed E-state index contributed by atoms with van der Waals surface area (Å²) in [5.74, 6) is 3.10. The van der Waals surface area contributed by atoms with Crippen LogP contribution in [0.2, 0.25) is 0 Å². The van der Waals surface area contributed by atoms with Gasteiger partial charge in [-0.1, -0.05) is 0 Å². The van der Waals surface area contributed by atoms with Crippen LogP contribution < -0.4 is 10.6 Å². The highest BCUT2D eigenvalue weighted by molar-refractivity contribution is 6.18. The third-order valence-corrected chi connectivity index (χ3v) is 5.98. The van der Waals surface area contributed by atoms with Crippen molar-refractivity contribution in [1.82, 2.24) is 10.6 Å². The van der Waals surface area contributed by atoms with E-state index in [1.165, 1.54) is 38.5 Å². The van der Waals surface area contributed by atoms with Gasteiger partial charge in [-0.05, 0) is 61.7 Å². The number of carbonyl (C=O) groups excluding carboxylic acids is 2. The maximum Gasteiger partial charge on any atom is 0.221 e. The first-order valence-corrected chi connectivity index (χ1v) is 9.21. The Balaban J connectivity index is 1.40. The van der Waals surface area contributed by atoms with E-state index in [9.17, 15) is 9.59 Å².